The van der Waals surface area contributed by atoms with E-state index >= 15 is 0 Å². The normalized spacial score (nSPS) is 18.2. The van der Waals surface area contributed by atoms with Gasteiger partial charge in [-0.3, -0.25) is 4.79 Å². The fourth-order valence-electron chi connectivity index (χ4n) is 1.78. The van der Waals surface area contributed by atoms with Crippen LogP contribution in [0.15, 0.2) is 28.1 Å². The highest BCUT2D eigenvalue weighted by molar-refractivity contribution is 7.90. The smallest absolute Gasteiger partial charge is 0.325 e. The van der Waals surface area contributed by atoms with E-state index in [9.17, 15) is 13.2 Å². The predicted molar refractivity (Wildman–Crippen MR) is 74.4 cm³/mol. The van der Waals surface area contributed by atoms with E-state index in [1.165, 1.54) is 0 Å². The molecule has 1 aliphatic rings. The molecule has 0 fully saturated rings. The second kappa shape index (κ2) is 5.12. The Hall–Kier alpha value is -2.09. The maximum atomic E-state index is 12.1. The van der Waals surface area contributed by atoms with E-state index in [1.54, 1.807) is 12.1 Å². The summed E-state index contributed by atoms with van der Waals surface area (Å²) in [6, 6.07) is 5.08. The second-order valence-electron chi connectivity index (χ2n) is 4.70. The molecular weight excluding hydrogens is 282 g/mol. The van der Waals surface area contributed by atoms with Gasteiger partial charge in [0.15, 0.2) is 0 Å². The van der Waals surface area contributed by atoms with Gasteiger partial charge in [-0.2, -0.15) is 0 Å². The highest BCUT2D eigenvalue weighted by Gasteiger charge is 2.27. The largest absolute Gasteiger partial charge is 0.480 e. The lowest BCUT2D eigenvalue weighted by atomic mass is 10.0. The van der Waals surface area contributed by atoms with Crippen LogP contribution in [0.4, 0.5) is 5.69 Å². The number of aliphatic carboxylic acids is 1. The molecule has 0 saturated carbocycles. The Bertz CT molecular complexity index is 680. The van der Waals surface area contributed by atoms with Crippen molar-refractivity contribution in [2.75, 3.05) is 11.9 Å². The summed E-state index contributed by atoms with van der Waals surface area (Å²) in [7, 11) is -3.73. The van der Waals surface area contributed by atoms with Crippen LogP contribution in [0.25, 0.3) is 0 Å². The average Bonchev–Trinajstić information content (AvgIpc) is 2.35. The molecule has 3 N–H and O–H groups in total. The maximum absolute atomic E-state index is 12.1. The van der Waals surface area contributed by atoms with Gasteiger partial charge in [-0.25, -0.2) is 18.1 Å². The third kappa shape index (κ3) is 2.90. The molecule has 0 radical (unpaired) electrons. The number of hydrogen-bond donors (Lipinski definition) is 3. The van der Waals surface area contributed by atoms with Crippen molar-refractivity contribution in [3.8, 4) is 0 Å². The Morgan fingerprint density at radius 2 is 2.10 bits per heavy atom. The van der Waals surface area contributed by atoms with Gasteiger partial charge < -0.3 is 10.4 Å². The first-order valence-electron chi connectivity index (χ1n) is 5.99. The van der Waals surface area contributed by atoms with Gasteiger partial charge in [0.1, 0.15) is 11.4 Å². The van der Waals surface area contributed by atoms with Crippen molar-refractivity contribution in [3.05, 3.63) is 23.8 Å². The van der Waals surface area contributed by atoms with Crippen molar-refractivity contribution in [2.24, 2.45) is 4.99 Å². The minimum Gasteiger partial charge on any atom is -0.480 e. The molecular formula is C12H15N3O4S. The molecule has 8 heteroatoms. The summed E-state index contributed by atoms with van der Waals surface area (Å²) >= 11 is 0. The fraction of sp³-hybridized carbons (Fsp3) is 0.333. The average molecular weight is 297 g/mol. The number of anilines is 1. The fourth-order valence-corrected chi connectivity index (χ4v) is 2.96. The molecule has 1 aromatic rings. The number of carbonyl (C=O) groups is 1. The molecule has 0 aliphatic carbocycles. The Morgan fingerprint density at radius 1 is 1.40 bits per heavy atom. The second-order valence-corrected chi connectivity index (χ2v) is 6.35. The van der Waals surface area contributed by atoms with Crippen molar-refractivity contribution in [3.63, 3.8) is 0 Å². The van der Waals surface area contributed by atoms with Crippen LogP contribution in [0, 0.1) is 0 Å². The zero-order chi connectivity index (χ0) is 14.9. The summed E-state index contributed by atoms with van der Waals surface area (Å²) in [5.41, 5.74) is 1.29. The lowest BCUT2D eigenvalue weighted by Crippen LogP contribution is -2.41. The van der Waals surface area contributed by atoms with Gasteiger partial charge in [0.2, 0.25) is 5.96 Å². The van der Waals surface area contributed by atoms with Crippen LogP contribution in [0.2, 0.25) is 0 Å². The van der Waals surface area contributed by atoms with Crippen LogP contribution in [-0.2, 0) is 14.8 Å². The van der Waals surface area contributed by atoms with Gasteiger partial charge in [-0.1, -0.05) is 19.9 Å². The molecule has 0 saturated heterocycles. The van der Waals surface area contributed by atoms with Crippen LogP contribution in [0.5, 0.6) is 0 Å². The number of rotatable bonds is 3. The van der Waals surface area contributed by atoms with Gasteiger partial charge in [0.25, 0.3) is 10.0 Å². The van der Waals surface area contributed by atoms with Crippen molar-refractivity contribution in [2.45, 2.75) is 24.7 Å². The maximum Gasteiger partial charge on any atom is 0.325 e. The summed E-state index contributed by atoms with van der Waals surface area (Å²) in [6.07, 6.45) is 0. The van der Waals surface area contributed by atoms with E-state index in [0.29, 0.717) is 5.69 Å². The van der Waals surface area contributed by atoms with E-state index < -0.39 is 22.5 Å². The first kappa shape index (κ1) is 14.3. The van der Waals surface area contributed by atoms with Gasteiger partial charge in [0, 0.05) is 0 Å². The molecule has 1 aromatic carbocycles. The van der Waals surface area contributed by atoms with Crippen LogP contribution in [-0.4, -0.2) is 32.0 Å². The number of sulfonamides is 1. The van der Waals surface area contributed by atoms with Gasteiger partial charge in [-0.05, 0) is 23.6 Å². The Morgan fingerprint density at radius 3 is 2.70 bits per heavy atom. The Balaban J connectivity index is 2.42. The van der Waals surface area contributed by atoms with Crippen molar-refractivity contribution in [1.29, 1.82) is 0 Å². The minimum absolute atomic E-state index is 0.0859. The molecule has 2 rings (SSSR count). The lowest BCUT2D eigenvalue weighted by Gasteiger charge is -2.22. The molecule has 0 amide bonds. The van der Waals surface area contributed by atoms with Crippen LogP contribution in [0.1, 0.15) is 25.3 Å². The van der Waals surface area contributed by atoms with Crippen LogP contribution >= 0.6 is 0 Å². The predicted octanol–water partition coefficient (Wildman–Crippen LogP) is 0.954. The van der Waals surface area contributed by atoms with Crippen molar-refractivity contribution >= 4 is 27.6 Å². The lowest BCUT2D eigenvalue weighted by molar-refractivity contribution is -0.135. The zero-order valence-corrected chi connectivity index (χ0v) is 11.9. The molecule has 20 heavy (non-hydrogen) atoms. The first-order chi connectivity index (χ1) is 9.29. The molecule has 1 heterocycles. The molecule has 1 aliphatic heterocycles. The minimum atomic E-state index is -3.73. The number of carboxylic acid groups (broad SMARTS) is 1. The molecule has 0 aromatic heterocycles. The van der Waals surface area contributed by atoms with E-state index in [-0.39, 0.29) is 16.8 Å². The quantitative estimate of drug-likeness (QED) is 0.770. The number of aliphatic imine (C=N–C) groups is 1. The molecule has 7 nitrogen and oxygen atoms in total. The van der Waals surface area contributed by atoms with Crippen molar-refractivity contribution < 1.29 is 18.3 Å². The molecule has 0 bridgehead atoms. The Labute approximate surface area is 116 Å². The molecule has 0 unspecified atom stereocenters. The number of carboxylic acids is 1. The zero-order valence-electron chi connectivity index (χ0n) is 11.0. The topological polar surface area (TPSA) is 108 Å². The van der Waals surface area contributed by atoms with Crippen LogP contribution < -0.4 is 10.0 Å². The number of fused-ring (bicyclic) bond motifs is 1. The molecule has 0 atom stereocenters. The third-order valence-electron chi connectivity index (χ3n) is 2.82. The number of nitrogens with one attached hydrogen (secondary N) is 2. The highest BCUT2D eigenvalue weighted by atomic mass is 32.2. The van der Waals surface area contributed by atoms with E-state index in [0.717, 1.165) is 5.56 Å². The number of benzene rings is 1. The summed E-state index contributed by atoms with van der Waals surface area (Å²) in [5, 5.41) is 11.3. The van der Waals surface area contributed by atoms with Gasteiger partial charge in [-0.15, -0.1) is 0 Å². The summed E-state index contributed by atoms with van der Waals surface area (Å²) in [5.74, 6) is -1.02. The highest BCUT2D eigenvalue weighted by Crippen LogP contribution is 2.28. The third-order valence-corrected chi connectivity index (χ3v) is 4.20. The van der Waals surface area contributed by atoms with E-state index in [4.69, 9.17) is 5.11 Å². The van der Waals surface area contributed by atoms with Gasteiger partial charge in [0.05, 0.1) is 5.69 Å². The summed E-state index contributed by atoms with van der Waals surface area (Å²) < 4.78 is 26.5. The monoisotopic (exact) mass is 297 g/mol. The first-order valence-corrected chi connectivity index (χ1v) is 7.48. The number of guanidine groups is 1. The molecule has 108 valence electrons. The SMILES string of the molecule is CC(C)c1ccc2c(c1)S(=O)(=O)NC(=NCC(=O)O)N2. The Kier molecular flexibility index (Phi) is 3.67. The van der Waals surface area contributed by atoms with Gasteiger partial charge >= 0.3 is 5.97 Å². The summed E-state index contributed by atoms with van der Waals surface area (Å²) in [4.78, 5) is 14.2. The standard InChI is InChI=1S/C12H15N3O4S/c1-7(2)8-3-4-9-10(5-8)20(18,19)15-12(14-9)13-6-11(16)17/h3-5,7H,6H2,1-2H3,(H,16,17)(H2,13,14,15). The summed E-state index contributed by atoms with van der Waals surface area (Å²) in [6.45, 7) is 3.43. The van der Waals surface area contributed by atoms with Crippen LogP contribution in [0.3, 0.4) is 0 Å². The number of nitrogens with zero attached hydrogens (tertiary/aromatic N) is 1. The molecule has 0 spiro atoms. The van der Waals surface area contributed by atoms with E-state index in [2.05, 4.69) is 15.0 Å². The number of hydrogen-bond acceptors (Lipinski definition) is 4. The van der Waals surface area contributed by atoms with Crippen molar-refractivity contribution in [1.82, 2.24) is 4.72 Å². The van der Waals surface area contributed by atoms with E-state index in [1.807, 2.05) is 19.9 Å².